The minimum atomic E-state index is -0.245. The van der Waals surface area contributed by atoms with Crippen LogP contribution in [0.2, 0.25) is 0 Å². The molecule has 1 aromatic carbocycles. The number of nitrogens with one attached hydrogen (secondary N) is 2. The molecule has 0 spiro atoms. The summed E-state index contributed by atoms with van der Waals surface area (Å²) in [7, 11) is 0. The predicted octanol–water partition coefficient (Wildman–Crippen LogP) is 4.99. The lowest BCUT2D eigenvalue weighted by Crippen LogP contribution is -2.40. The fraction of sp³-hybridized carbons (Fsp3) is 0.536. The van der Waals surface area contributed by atoms with E-state index < -0.39 is 0 Å². The number of hydrogen-bond donors (Lipinski definition) is 2. The van der Waals surface area contributed by atoms with E-state index >= 15 is 0 Å². The van der Waals surface area contributed by atoms with Crippen LogP contribution in [-0.2, 0) is 4.79 Å². The highest BCUT2D eigenvalue weighted by Crippen LogP contribution is 2.28. The van der Waals surface area contributed by atoms with E-state index in [1.807, 2.05) is 36.1 Å². The van der Waals surface area contributed by atoms with Gasteiger partial charge in [-0.05, 0) is 103 Å². The van der Waals surface area contributed by atoms with Crippen LogP contribution in [0, 0.1) is 12.8 Å². The molecule has 1 aromatic heterocycles. The molecule has 2 aromatic rings. The molecule has 2 N–H and O–H groups in total. The maximum Gasteiger partial charge on any atom is 0.261 e. The summed E-state index contributed by atoms with van der Waals surface area (Å²) in [5, 5.41) is 6.36. The first-order valence-corrected chi connectivity index (χ1v) is 14.9. The lowest BCUT2D eigenvalue weighted by molar-refractivity contribution is -0.117. The largest absolute Gasteiger partial charge is 0.346 e. The molecule has 2 fully saturated rings. The highest BCUT2D eigenvalue weighted by Gasteiger charge is 2.33. The molecule has 2 atom stereocenters. The van der Waals surface area contributed by atoms with Crippen LogP contribution >= 0.6 is 27.3 Å². The topological polar surface area (TPSA) is 81.8 Å². The Morgan fingerprint density at radius 1 is 1.16 bits per heavy atom. The first-order valence-electron chi connectivity index (χ1n) is 13.3. The Balaban J connectivity index is 1.33. The number of likely N-dealkylation sites (tertiary alicyclic amines) is 1. The van der Waals surface area contributed by atoms with Gasteiger partial charge >= 0.3 is 0 Å². The molecule has 200 valence electrons. The van der Waals surface area contributed by atoms with Gasteiger partial charge in [-0.3, -0.25) is 14.4 Å². The molecule has 2 saturated heterocycles. The number of piperidine rings is 1. The maximum absolute atomic E-state index is 13.4. The number of unbranched alkanes of at least 4 members (excludes halogenated alkanes) is 1. The molecule has 4 rings (SSSR count). The summed E-state index contributed by atoms with van der Waals surface area (Å²) in [5.41, 5.74) is 2.35. The molecule has 2 unspecified atom stereocenters. The van der Waals surface area contributed by atoms with Crippen LogP contribution in [-0.4, -0.2) is 61.4 Å². The third kappa shape index (κ3) is 7.21. The van der Waals surface area contributed by atoms with Crippen LogP contribution in [0.15, 0.2) is 34.1 Å². The van der Waals surface area contributed by atoms with Crippen molar-refractivity contribution in [2.24, 2.45) is 5.92 Å². The lowest BCUT2D eigenvalue weighted by atomic mass is 9.92. The van der Waals surface area contributed by atoms with Gasteiger partial charge in [0.1, 0.15) is 0 Å². The van der Waals surface area contributed by atoms with Gasteiger partial charge in [0, 0.05) is 37.3 Å². The lowest BCUT2D eigenvalue weighted by Gasteiger charge is -2.33. The van der Waals surface area contributed by atoms with Gasteiger partial charge in [-0.15, -0.1) is 11.3 Å². The van der Waals surface area contributed by atoms with E-state index in [0.29, 0.717) is 22.9 Å². The van der Waals surface area contributed by atoms with Crippen molar-refractivity contribution in [3.8, 4) is 0 Å². The number of benzene rings is 1. The molecule has 0 saturated carbocycles. The van der Waals surface area contributed by atoms with Gasteiger partial charge < -0.3 is 20.4 Å². The third-order valence-electron chi connectivity index (χ3n) is 7.28. The number of halogens is 1. The molecule has 37 heavy (non-hydrogen) atoms. The van der Waals surface area contributed by atoms with E-state index in [9.17, 15) is 14.4 Å². The fourth-order valence-electron chi connectivity index (χ4n) is 5.32. The van der Waals surface area contributed by atoms with Crippen LogP contribution in [0.5, 0.6) is 0 Å². The zero-order chi connectivity index (χ0) is 26.4. The minimum Gasteiger partial charge on any atom is -0.346 e. The number of carbonyl (C=O) groups excluding carboxylic acids is 3. The molecule has 3 amide bonds. The Labute approximate surface area is 232 Å². The smallest absolute Gasteiger partial charge is 0.261 e. The normalized spacial score (nSPS) is 19.9. The summed E-state index contributed by atoms with van der Waals surface area (Å²) in [6, 6.07) is 9.01. The van der Waals surface area contributed by atoms with Crippen molar-refractivity contribution in [2.45, 2.75) is 58.4 Å². The molecule has 2 aliphatic heterocycles. The second-order valence-electron chi connectivity index (χ2n) is 10.1. The van der Waals surface area contributed by atoms with Gasteiger partial charge in [-0.2, -0.15) is 0 Å². The zero-order valence-electron chi connectivity index (χ0n) is 21.7. The fourth-order valence-corrected chi connectivity index (χ4v) is 6.61. The van der Waals surface area contributed by atoms with Gasteiger partial charge in [0.15, 0.2) is 0 Å². The summed E-state index contributed by atoms with van der Waals surface area (Å²) in [4.78, 5) is 43.0. The summed E-state index contributed by atoms with van der Waals surface area (Å²) in [6.45, 7) is 8.20. The van der Waals surface area contributed by atoms with E-state index in [4.69, 9.17) is 0 Å². The van der Waals surface area contributed by atoms with Crippen molar-refractivity contribution < 1.29 is 14.4 Å². The first-order chi connectivity index (χ1) is 17.9. The second kappa shape index (κ2) is 13.0. The van der Waals surface area contributed by atoms with Crippen LogP contribution in [0.25, 0.3) is 0 Å². The van der Waals surface area contributed by atoms with Crippen molar-refractivity contribution in [1.82, 2.24) is 15.5 Å². The number of nitrogens with zero attached hydrogens (tertiary/aromatic N) is 2. The number of anilines is 1. The average Bonchev–Trinajstić information content (AvgIpc) is 3.48. The number of rotatable bonds is 10. The van der Waals surface area contributed by atoms with Crippen molar-refractivity contribution >= 4 is 50.7 Å². The standard InChI is InChI=1S/C28H37BrN4O3S/c1-3-30-13-5-4-7-20-8-6-14-32(17-20)28(36)23-10-9-22(15-19(23)2)33-18-21(16-26(33)34)31-27(35)24-11-12-25(29)37-24/h9-12,15,20-21,30H,3-8,13-14,16-18H2,1-2H3,(H,31,35). The van der Waals surface area contributed by atoms with Crippen molar-refractivity contribution in [3.05, 3.63) is 50.1 Å². The van der Waals surface area contributed by atoms with Gasteiger partial charge in [0.2, 0.25) is 5.91 Å². The van der Waals surface area contributed by atoms with Crippen molar-refractivity contribution in [3.63, 3.8) is 0 Å². The second-order valence-corrected chi connectivity index (χ2v) is 12.6. The van der Waals surface area contributed by atoms with E-state index in [0.717, 1.165) is 47.6 Å². The maximum atomic E-state index is 13.4. The van der Waals surface area contributed by atoms with Crippen LogP contribution in [0.1, 0.15) is 71.0 Å². The van der Waals surface area contributed by atoms with Gasteiger partial charge in [-0.1, -0.05) is 13.3 Å². The molecule has 3 heterocycles. The number of amides is 3. The average molecular weight is 590 g/mol. The summed E-state index contributed by atoms with van der Waals surface area (Å²) in [5.74, 6) is 0.471. The Morgan fingerprint density at radius 2 is 2.00 bits per heavy atom. The molecular formula is C28H37BrN4O3S. The Hall–Kier alpha value is -2.23. The van der Waals surface area contributed by atoms with Crippen LogP contribution in [0.3, 0.4) is 0 Å². The highest BCUT2D eigenvalue weighted by molar-refractivity contribution is 9.11. The zero-order valence-corrected chi connectivity index (χ0v) is 24.1. The molecule has 7 nitrogen and oxygen atoms in total. The first kappa shape index (κ1) is 27.8. The van der Waals surface area contributed by atoms with E-state index in [-0.39, 0.29) is 30.2 Å². The molecule has 0 radical (unpaired) electrons. The Morgan fingerprint density at radius 3 is 2.73 bits per heavy atom. The summed E-state index contributed by atoms with van der Waals surface area (Å²) in [6.07, 6.45) is 6.07. The van der Waals surface area contributed by atoms with E-state index in [1.54, 1.807) is 11.0 Å². The SMILES string of the molecule is CCNCCCCC1CCCN(C(=O)c2ccc(N3CC(NC(=O)c4ccc(Br)s4)CC3=O)cc2C)C1. The van der Waals surface area contributed by atoms with Crippen LogP contribution < -0.4 is 15.5 Å². The third-order valence-corrected chi connectivity index (χ3v) is 8.90. The van der Waals surface area contributed by atoms with Crippen molar-refractivity contribution in [2.75, 3.05) is 37.6 Å². The van der Waals surface area contributed by atoms with E-state index in [1.165, 1.54) is 37.0 Å². The predicted molar refractivity (Wildman–Crippen MR) is 152 cm³/mol. The number of carbonyl (C=O) groups is 3. The summed E-state index contributed by atoms with van der Waals surface area (Å²) >= 11 is 4.75. The van der Waals surface area contributed by atoms with Crippen LogP contribution in [0.4, 0.5) is 5.69 Å². The molecule has 2 aliphatic rings. The molecular weight excluding hydrogens is 552 g/mol. The minimum absolute atomic E-state index is 0.0239. The highest BCUT2D eigenvalue weighted by atomic mass is 79.9. The van der Waals surface area contributed by atoms with Gasteiger partial charge in [0.25, 0.3) is 11.8 Å². The molecule has 0 bridgehead atoms. The van der Waals surface area contributed by atoms with Gasteiger partial charge in [-0.25, -0.2) is 0 Å². The Bertz CT molecular complexity index is 1120. The molecule has 0 aliphatic carbocycles. The monoisotopic (exact) mass is 588 g/mol. The Kier molecular flexibility index (Phi) is 9.78. The number of hydrogen-bond acceptors (Lipinski definition) is 5. The van der Waals surface area contributed by atoms with Gasteiger partial charge in [0.05, 0.1) is 14.7 Å². The number of thiophene rings is 1. The summed E-state index contributed by atoms with van der Waals surface area (Å²) < 4.78 is 0.895. The van der Waals surface area contributed by atoms with Crippen molar-refractivity contribution in [1.29, 1.82) is 0 Å². The number of aryl methyl sites for hydroxylation is 1. The molecule has 9 heteroatoms. The quantitative estimate of drug-likeness (QED) is 0.383. The van der Waals surface area contributed by atoms with E-state index in [2.05, 4.69) is 33.5 Å².